The minimum atomic E-state index is 0.336. The van der Waals surface area contributed by atoms with Crippen LogP contribution in [0, 0.1) is 17.8 Å². The van der Waals surface area contributed by atoms with Gasteiger partial charge in [-0.25, -0.2) is 0 Å². The van der Waals surface area contributed by atoms with Crippen molar-refractivity contribution < 1.29 is 4.79 Å². The van der Waals surface area contributed by atoms with E-state index in [1.165, 1.54) is 51.7 Å². The molecule has 4 heteroatoms. The van der Waals surface area contributed by atoms with E-state index in [-0.39, 0.29) is 0 Å². The van der Waals surface area contributed by atoms with Crippen molar-refractivity contribution in [1.29, 1.82) is 0 Å². The summed E-state index contributed by atoms with van der Waals surface area (Å²) in [5, 5.41) is 3.42. The Morgan fingerprint density at radius 1 is 0.913 bits per heavy atom. The zero-order chi connectivity index (χ0) is 16.1. The number of piperazine rings is 1. The van der Waals surface area contributed by atoms with E-state index >= 15 is 0 Å². The van der Waals surface area contributed by atoms with E-state index in [1.807, 2.05) is 0 Å². The molecule has 3 fully saturated rings. The summed E-state index contributed by atoms with van der Waals surface area (Å²) in [6, 6.07) is 0. The number of hydrogen-bond acceptors (Lipinski definition) is 3. The third kappa shape index (κ3) is 4.69. The van der Waals surface area contributed by atoms with Crippen LogP contribution in [0.5, 0.6) is 0 Å². The summed E-state index contributed by atoms with van der Waals surface area (Å²) in [5.41, 5.74) is 0. The Kier molecular flexibility index (Phi) is 6.35. The molecule has 0 spiro atoms. The van der Waals surface area contributed by atoms with Gasteiger partial charge in [-0.15, -0.1) is 0 Å². The van der Waals surface area contributed by atoms with Crippen molar-refractivity contribution >= 4 is 5.91 Å². The van der Waals surface area contributed by atoms with Gasteiger partial charge < -0.3 is 15.1 Å². The van der Waals surface area contributed by atoms with Crippen LogP contribution >= 0.6 is 0 Å². The molecule has 3 rings (SSSR count). The summed E-state index contributed by atoms with van der Waals surface area (Å²) in [5.74, 6) is 2.49. The lowest BCUT2D eigenvalue weighted by molar-refractivity contribution is -0.138. The third-order valence-electron chi connectivity index (χ3n) is 6.43. The van der Waals surface area contributed by atoms with Crippen LogP contribution in [0.2, 0.25) is 0 Å². The van der Waals surface area contributed by atoms with Gasteiger partial charge in [0.2, 0.25) is 5.91 Å². The van der Waals surface area contributed by atoms with E-state index in [0.717, 1.165) is 50.9 Å². The lowest BCUT2D eigenvalue weighted by atomic mass is 9.80. The standard InChI is InChI=1S/C19H35N3O/c1-2-16-3-5-18(6-4-16)19(23)22-11-7-17(8-12-22)15-21-13-9-20-10-14-21/h16-18,20H,2-15H2,1H3. The maximum atomic E-state index is 12.8. The summed E-state index contributed by atoms with van der Waals surface area (Å²) in [6.45, 7) is 10.2. The van der Waals surface area contributed by atoms with E-state index in [2.05, 4.69) is 22.0 Å². The molecule has 23 heavy (non-hydrogen) atoms. The van der Waals surface area contributed by atoms with Crippen molar-refractivity contribution in [3.63, 3.8) is 0 Å². The minimum absolute atomic E-state index is 0.336. The van der Waals surface area contributed by atoms with Gasteiger partial charge in [-0.3, -0.25) is 4.79 Å². The molecule has 1 N–H and O–H groups in total. The zero-order valence-electron chi connectivity index (χ0n) is 14.9. The van der Waals surface area contributed by atoms with E-state index in [9.17, 15) is 4.79 Å². The maximum absolute atomic E-state index is 12.8. The normalized spacial score (nSPS) is 31.3. The molecule has 1 saturated carbocycles. The molecule has 0 aromatic carbocycles. The van der Waals surface area contributed by atoms with Crippen LogP contribution in [0.25, 0.3) is 0 Å². The first-order chi connectivity index (χ1) is 11.3. The second-order valence-electron chi connectivity index (χ2n) is 7.95. The molecule has 0 bridgehead atoms. The molecule has 0 unspecified atom stereocenters. The summed E-state index contributed by atoms with van der Waals surface area (Å²) in [4.78, 5) is 17.5. The molecule has 0 atom stereocenters. The topological polar surface area (TPSA) is 35.6 Å². The highest BCUT2D eigenvalue weighted by Crippen LogP contribution is 2.32. The van der Waals surface area contributed by atoms with Crippen LogP contribution in [0.4, 0.5) is 0 Å². The monoisotopic (exact) mass is 321 g/mol. The van der Waals surface area contributed by atoms with Crippen LogP contribution in [0.3, 0.4) is 0 Å². The van der Waals surface area contributed by atoms with E-state index < -0.39 is 0 Å². The molecule has 2 aliphatic heterocycles. The lowest BCUT2D eigenvalue weighted by Gasteiger charge is -2.38. The highest BCUT2D eigenvalue weighted by Gasteiger charge is 2.31. The van der Waals surface area contributed by atoms with Crippen molar-refractivity contribution in [2.24, 2.45) is 17.8 Å². The third-order valence-corrected chi connectivity index (χ3v) is 6.43. The van der Waals surface area contributed by atoms with Gasteiger partial charge >= 0.3 is 0 Å². The second-order valence-corrected chi connectivity index (χ2v) is 7.95. The smallest absolute Gasteiger partial charge is 0.225 e. The Bertz CT molecular complexity index is 365. The second kappa shape index (κ2) is 8.48. The quantitative estimate of drug-likeness (QED) is 0.863. The summed E-state index contributed by atoms with van der Waals surface area (Å²) in [6.07, 6.45) is 8.52. The molecule has 4 nitrogen and oxygen atoms in total. The van der Waals surface area contributed by atoms with Crippen molar-refractivity contribution in [2.45, 2.75) is 51.9 Å². The van der Waals surface area contributed by atoms with Gasteiger partial charge in [0.1, 0.15) is 0 Å². The van der Waals surface area contributed by atoms with Gasteiger partial charge in [0, 0.05) is 51.7 Å². The molecule has 2 heterocycles. The number of nitrogens with one attached hydrogen (secondary N) is 1. The van der Waals surface area contributed by atoms with Crippen molar-refractivity contribution in [2.75, 3.05) is 45.8 Å². The molecule has 2 saturated heterocycles. The first kappa shape index (κ1) is 17.2. The predicted octanol–water partition coefficient (Wildman–Crippen LogP) is 2.35. The fourth-order valence-corrected chi connectivity index (χ4v) is 4.67. The molecule has 1 amide bonds. The average molecular weight is 322 g/mol. The van der Waals surface area contributed by atoms with E-state index in [4.69, 9.17) is 0 Å². The number of piperidine rings is 1. The fourth-order valence-electron chi connectivity index (χ4n) is 4.67. The summed E-state index contributed by atoms with van der Waals surface area (Å²) < 4.78 is 0. The number of hydrogen-bond donors (Lipinski definition) is 1. The van der Waals surface area contributed by atoms with Gasteiger partial charge in [0.15, 0.2) is 0 Å². The van der Waals surface area contributed by atoms with Crippen molar-refractivity contribution in [3.8, 4) is 0 Å². The fraction of sp³-hybridized carbons (Fsp3) is 0.947. The molecular formula is C19H35N3O. The van der Waals surface area contributed by atoms with Crippen LogP contribution in [0.1, 0.15) is 51.9 Å². The van der Waals surface area contributed by atoms with Gasteiger partial charge in [0.25, 0.3) is 0 Å². The molecule has 1 aliphatic carbocycles. The molecular weight excluding hydrogens is 286 g/mol. The van der Waals surface area contributed by atoms with Crippen LogP contribution in [-0.4, -0.2) is 61.5 Å². The van der Waals surface area contributed by atoms with Crippen LogP contribution in [-0.2, 0) is 4.79 Å². The molecule has 132 valence electrons. The lowest BCUT2D eigenvalue weighted by Crippen LogP contribution is -2.48. The van der Waals surface area contributed by atoms with Gasteiger partial charge in [-0.05, 0) is 50.4 Å². The van der Waals surface area contributed by atoms with Gasteiger partial charge in [0.05, 0.1) is 0 Å². The molecule has 0 radical (unpaired) electrons. The highest BCUT2D eigenvalue weighted by molar-refractivity contribution is 5.79. The largest absolute Gasteiger partial charge is 0.342 e. The Balaban J connectivity index is 1.39. The Hall–Kier alpha value is -0.610. The van der Waals surface area contributed by atoms with Crippen molar-refractivity contribution in [3.05, 3.63) is 0 Å². The predicted molar refractivity (Wildman–Crippen MR) is 94.4 cm³/mol. The SMILES string of the molecule is CCC1CCC(C(=O)N2CCC(CN3CCNCC3)CC2)CC1. The number of amides is 1. The number of carbonyl (C=O) groups is 1. The highest BCUT2D eigenvalue weighted by atomic mass is 16.2. The number of nitrogens with zero attached hydrogens (tertiary/aromatic N) is 2. The average Bonchev–Trinajstić information content (AvgIpc) is 2.63. The minimum Gasteiger partial charge on any atom is -0.342 e. The Labute approximate surface area is 142 Å². The van der Waals surface area contributed by atoms with Gasteiger partial charge in [-0.1, -0.05) is 13.3 Å². The van der Waals surface area contributed by atoms with Crippen LogP contribution in [0.15, 0.2) is 0 Å². The number of likely N-dealkylation sites (tertiary alicyclic amines) is 1. The summed E-state index contributed by atoms with van der Waals surface area (Å²) in [7, 11) is 0. The van der Waals surface area contributed by atoms with E-state index in [1.54, 1.807) is 0 Å². The first-order valence-corrected chi connectivity index (χ1v) is 9.98. The van der Waals surface area contributed by atoms with Crippen molar-refractivity contribution in [1.82, 2.24) is 15.1 Å². The number of carbonyl (C=O) groups excluding carboxylic acids is 1. The molecule has 0 aromatic rings. The van der Waals surface area contributed by atoms with Gasteiger partial charge in [-0.2, -0.15) is 0 Å². The zero-order valence-corrected chi connectivity index (χ0v) is 14.9. The van der Waals surface area contributed by atoms with Crippen LogP contribution < -0.4 is 5.32 Å². The molecule has 0 aromatic heterocycles. The maximum Gasteiger partial charge on any atom is 0.225 e. The Morgan fingerprint density at radius 3 is 2.17 bits per heavy atom. The molecule has 3 aliphatic rings. The Morgan fingerprint density at radius 2 is 1.57 bits per heavy atom. The summed E-state index contributed by atoms with van der Waals surface area (Å²) >= 11 is 0. The first-order valence-electron chi connectivity index (χ1n) is 9.98. The number of rotatable bonds is 4. The van der Waals surface area contributed by atoms with E-state index in [0.29, 0.717) is 11.8 Å².